The highest BCUT2D eigenvalue weighted by atomic mass is 16.5. The van der Waals surface area contributed by atoms with Gasteiger partial charge in [-0.1, -0.05) is 12.2 Å². The molecule has 0 amide bonds. The van der Waals surface area contributed by atoms with Gasteiger partial charge in [-0.15, -0.1) is 0 Å². The lowest BCUT2D eigenvalue weighted by molar-refractivity contribution is 0.121. The second kappa shape index (κ2) is 11.8. The predicted octanol–water partition coefficient (Wildman–Crippen LogP) is 3.31. The van der Waals surface area contributed by atoms with E-state index >= 15 is 0 Å². The third-order valence-electron chi connectivity index (χ3n) is 4.32. The number of aliphatic hydroxyl groups excluding tert-OH is 2. The van der Waals surface area contributed by atoms with E-state index in [-0.39, 0.29) is 5.88 Å². The highest BCUT2D eigenvalue weighted by Crippen LogP contribution is 2.26. The third kappa shape index (κ3) is 7.21. The fourth-order valence-corrected chi connectivity index (χ4v) is 2.84. The van der Waals surface area contributed by atoms with Crippen molar-refractivity contribution in [3.05, 3.63) is 71.4 Å². The van der Waals surface area contributed by atoms with Crippen molar-refractivity contribution in [2.24, 2.45) is 4.99 Å². The SMILES string of the molecule is C/C=C/C=N/C(O)=C\C(C)=C\C=C\NC(O)c1c(C)ccnc1N1CCOCC1. The minimum atomic E-state index is -0.888. The second-order valence-corrected chi connectivity index (χ2v) is 6.61. The van der Waals surface area contributed by atoms with Gasteiger partial charge in [-0.3, -0.25) is 0 Å². The Labute approximate surface area is 172 Å². The molecule has 0 aliphatic carbocycles. The number of hydrogen-bond donors (Lipinski definition) is 3. The molecule has 0 spiro atoms. The minimum absolute atomic E-state index is 0.0700. The van der Waals surface area contributed by atoms with Crippen molar-refractivity contribution < 1.29 is 14.9 Å². The summed E-state index contributed by atoms with van der Waals surface area (Å²) in [5.74, 6) is 0.708. The maximum Gasteiger partial charge on any atom is 0.210 e. The highest BCUT2D eigenvalue weighted by Gasteiger charge is 2.21. The minimum Gasteiger partial charge on any atom is -0.493 e. The molecule has 2 rings (SSSR count). The van der Waals surface area contributed by atoms with Crippen molar-refractivity contribution in [3.63, 3.8) is 0 Å². The Morgan fingerprint density at radius 3 is 2.83 bits per heavy atom. The normalized spacial score (nSPS) is 17.6. The van der Waals surface area contributed by atoms with Crippen LogP contribution in [0.1, 0.15) is 31.2 Å². The number of morpholine rings is 1. The molecule has 1 unspecified atom stereocenters. The molecule has 1 atom stereocenters. The molecular weight excluding hydrogens is 368 g/mol. The van der Waals surface area contributed by atoms with Crippen LogP contribution in [0.3, 0.4) is 0 Å². The standard InChI is InChI=1S/C22H30N4O3/c1-4-5-9-23-19(27)16-17(2)7-6-10-25-22(28)20-18(3)8-11-24-21(20)26-12-14-29-15-13-26/h4-11,16,22,25,27-28H,12-15H2,1-3H3/b5-4+,10-6+,17-7+,19-16+,23-9+. The van der Waals surface area contributed by atoms with Gasteiger partial charge in [0.05, 0.1) is 13.2 Å². The van der Waals surface area contributed by atoms with Crippen LogP contribution in [0.2, 0.25) is 0 Å². The van der Waals surface area contributed by atoms with E-state index in [1.54, 1.807) is 36.7 Å². The quantitative estimate of drug-likeness (QED) is 0.269. The van der Waals surface area contributed by atoms with Gasteiger partial charge in [0.1, 0.15) is 5.82 Å². The van der Waals surface area contributed by atoms with Crippen molar-refractivity contribution in [2.45, 2.75) is 27.0 Å². The van der Waals surface area contributed by atoms with Crippen molar-refractivity contribution in [3.8, 4) is 0 Å². The zero-order chi connectivity index (χ0) is 21.1. The van der Waals surface area contributed by atoms with E-state index in [4.69, 9.17) is 4.74 Å². The van der Waals surface area contributed by atoms with Crippen LogP contribution in [0.15, 0.2) is 65.3 Å². The predicted molar refractivity (Wildman–Crippen MR) is 117 cm³/mol. The molecule has 3 N–H and O–H groups in total. The van der Waals surface area contributed by atoms with E-state index in [2.05, 4.69) is 20.2 Å². The largest absolute Gasteiger partial charge is 0.493 e. The van der Waals surface area contributed by atoms with Crippen molar-refractivity contribution in [1.29, 1.82) is 0 Å². The number of aliphatic imine (C=N–C) groups is 1. The third-order valence-corrected chi connectivity index (χ3v) is 4.32. The lowest BCUT2D eigenvalue weighted by Gasteiger charge is -2.31. The van der Waals surface area contributed by atoms with Crippen LogP contribution in [-0.2, 0) is 4.74 Å². The monoisotopic (exact) mass is 398 g/mol. The Morgan fingerprint density at radius 2 is 2.10 bits per heavy atom. The molecule has 0 bridgehead atoms. The van der Waals surface area contributed by atoms with Crippen LogP contribution < -0.4 is 10.2 Å². The van der Waals surface area contributed by atoms with Crippen LogP contribution in [0.4, 0.5) is 5.82 Å². The van der Waals surface area contributed by atoms with Crippen LogP contribution in [0.5, 0.6) is 0 Å². The second-order valence-electron chi connectivity index (χ2n) is 6.61. The van der Waals surface area contributed by atoms with E-state index in [0.717, 1.165) is 35.6 Å². The van der Waals surface area contributed by atoms with Gasteiger partial charge < -0.3 is 25.2 Å². The molecule has 0 aromatic carbocycles. The molecule has 1 aliphatic rings. The van der Waals surface area contributed by atoms with Gasteiger partial charge in [0, 0.05) is 37.1 Å². The molecule has 1 saturated heterocycles. The topological polar surface area (TPSA) is 90.2 Å². The Hall–Kier alpha value is -2.90. The fraction of sp³-hybridized carbons (Fsp3) is 0.364. The first-order chi connectivity index (χ1) is 14.0. The average molecular weight is 399 g/mol. The zero-order valence-corrected chi connectivity index (χ0v) is 17.2. The zero-order valence-electron chi connectivity index (χ0n) is 17.2. The lowest BCUT2D eigenvalue weighted by Crippen LogP contribution is -2.38. The van der Waals surface area contributed by atoms with Crippen molar-refractivity contribution >= 4 is 12.0 Å². The number of aryl methyl sites for hydroxylation is 1. The molecule has 1 aliphatic heterocycles. The molecular formula is C22H30N4O3. The summed E-state index contributed by atoms with van der Waals surface area (Å²) in [5.41, 5.74) is 2.54. The average Bonchev–Trinajstić information content (AvgIpc) is 2.71. The summed E-state index contributed by atoms with van der Waals surface area (Å²) < 4.78 is 5.41. The fourth-order valence-electron chi connectivity index (χ4n) is 2.84. The number of nitrogens with zero attached hydrogens (tertiary/aromatic N) is 3. The van der Waals surface area contributed by atoms with Gasteiger partial charge in [0.25, 0.3) is 0 Å². The summed E-state index contributed by atoms with van der Waals surface area (Å²) in [5, 5.41) is 23.4. The number of hydrogen-bond acceptors (Lipinski definition) is 7. The van der Waals surface area contributed by atoms with Gasteiger partial charge in [-0.2, -0.15) is 0 Å². The van der Waals surface area contributed by atoms with Gasteiger partial charge in [0.15, 0.2) is 6.23 Å². The van der Waals surface area contributed by atoms with Crippen LogP contribution >= 0.6 is 0 Å². The van der Waals surface area contributed by atoms with Gasteiger partial charge in [-0.05, 0) is 56.3 Å². The van der Waals surface area contributed by atoms with E-state index < -0.39 is 6.23 Å². The molecule has 0 radical (unpaired) electrons. The Bertz CT molecular complexity index is 806. The molecule has 7 nitrogen and oxygen atoms in total. The summed E-state index contributed by atoms with van der Waals surface area (Å²) in [4.78, 5) is 10.5. The summed E-state index contributed by atoms with van der Waals surface area (Å²) in [6, 6.07) is 1.89. The number of ether oxygens (including phenoxy) is 1. The maximum atomic E-state index is 10.7. The smallest absolute Gasteiger partial charge is 0.210 e. The van der Waals surface area contributed by atoms with E-state index in [1.165, 1.54) is 6.21 Å². The Balaban J connectivity index is 2.03. The number of rotatable bonds is 8. The molecule has 7 heteroatoms. The van der Waals surface area contributed by atoms with E-state index in [9.17, 15) is 10.2 Å². The van der Waals surface area contributed by atoms with E-state index in [1.807, 2.05) is 32.9 Å². The number of nitrogens with one attached hydrogen (secondary N) is 1. The van der Waals surface area contributed by atoms with Gasteiger partial charge in [0.2, 0.25) is 5.88 Å². The first-order valence-corrected chi connectivity index (χ1v) is 9.64. The molecule has 1 aromatic heterocycles. The summed E-state index contributed by atoms with van der Waals surface area (Å²) in [6.45, 7) is 8.50. The summed E-state index contributed by atoms with van der Waals surface area (Å²) >= 11 is 0. The van der Waals surface area contributed by atoms with Crippen LogP contribution in [0, 0.1) is 6.92 Å². The number of pyridine rings is 1. The lowest BCUT2D eigenvalue weighted by atomic mass is 10.1. The molecule has 156 valence electrons. The van der Waals surface area contributed by atoms with Gasteiger partial charge in [-0.25, -0.2) is 9.98 Å². The van der Waals surface area contributed by atoms with Crippen LogP contribution in [-0.4, -0.2) is 47.7 Å². The highest BCUT2D eigenvalue weighted by molar-refractivity contribution is 5.71. The maximum absolute atomic E-state index is 10.7. The molecule has 1 fully saturated rings. The van der Waals surface area contributed by atoms with Crippen LogP contribution in [0.25, 0.3) is 0 Å². The molecule has 1 aromatic rings. The molecule has 0 saturated carbocycles. The van der Waals surface area contributed by atoms with Crippen molar-refractivity contribution in [1.82, 2.24) is 10.3 Å². The number of allylic oxidation sites excluding steroid dienone is 6. The Morgan fingerprint density at radius 1 is 1.34 bits per heavy atom. The van der Waals surface area contributed by atoms with E-state index in [0.29, 0.717) is 13.2 Å². The first-order valence-electron chi connectivity index (χ1n) is 9.64. The van der Waals surface area contributed by atoms with Gasteiger partial charge >= 0.3 is 0 Å². The number of aromatic nitrogens is 1. The molecule has 29 heavy (non-hydrogen) atoms. The summed E-state index contributed by atoms with van der Waals surface area (Å²) in [6.07, 6.45) is 12.7. The molecule has 2 heterocycles. The first kappa shape index (κ1) is 22.4. The number of anilines is 1. The Kier molecular flexibility index (Phi) is 9.14. The number of aliphatic hydroxyl groups is 2. The van der Waals surface area contributed by atoms with Crippen molar-refractivity contribution in [2.75, 3.05) is 31.2 Å². The summed E-state index contributed by atoms with van der Waals surface area (Å²) in [7, 11) is 0.